The van der Waals surface area contributed by atoms with Crippen molar-refractivity contribution in [2.45, 2.75) is 12.5 Å². The number of para-hydroxylation sites is 1. The maximum atomic E-state index is 9.93. The normalized spacial score (nSPS) is 12.2. The minimum absolute atomic E-state index is 0.289. The van der Waals surface area contributed by atoms with Gasteiger partial charge in [0.2, 0.25) is 0 Å². The topological polar surface area (TPSA) is 82.2 Å². The number of benzene rings is 2. The molecule has 4 N–H and O–H groups in total. The lowest BCUT2D eigenvalue weighted by Gasteiger charge is -2.13. The number of nitrogens with zero attached hydrogens (tertiary/aromatic N) is 1. The van der Waals surface area contributed by atoms with Crippen LogP contribution in [0.2, 0.25) is 0 Å². The number of hydrogen-bond acceptors (Lipinski definition) is 5. The van der Waals surface area contributed by atoms with Crippen molar-refractivity contribution >= 4 is 16.6 Å². The summed E-state index contributed by atoms with van der Waals surface area (Å²) in [5.74, 6) is 0.777. The van der Waals surface area contributed by atoms with Crippen LogP contribution in [0.1, 0.15) is 6.42 Å². The number of anilines is 1. The summed E-state index contributed by atoms with van der Waals surface area (Å²) < 4.78 is 5.53. The van der Waals surface area contributed by atoms with E-state index in [2.05, 4.69) is 26.9 Å². The lowest BCUT2D eigenvalue weighted by atomic mass is 10.2. The molecule has 1 unspecified atom stereocenters. The zero-order valence-electron chi connectivity index (χ0n) is 14.1. The fourth-order valence-electron chi connectivity index (χ4n) is 2.60. The first-order valence-corrected chi connectivity index (χ1v) is 8.55. The van der Waals surface area contributed by atoms with E-state index in [4.69, 9.17) is 4.74 Å². The number of ether oxygens (including phenoxy) is 1. The summed E-state index contributed by atoms with van der Waals surface area (Å²) >= 11 is 0. The summed E-state index contributed by atoms with van der Waals surface area (Å²) in [6, 6.07) is 15.6. The summed E-state index contributed by atoms with van der Waals surface area (Å²) in [5.41, 5.74) is 2.12. The van der Waals surface area contributed by atoms with Crippen LogP contribution < -0.4 is 15.4 Å². The highest BCUT2D eigenvalue weighted by Crippen LogP contribution is 2.20. The molecule has 3 aromatic rings. The van der Waals surface area contributed by atoms with E-state index in [1.807, 2.05) is 48.7 Å². The highest BCUT2D eigenvalue weighted by atomic mass is 16.5. The van der Waals surface area contributed by atoms with Gasteiger partial charge in [0.1, 0.15) is 18.5 Å². The number of fused-ring (bicyclic) bond motifs is 1. The standard InChI is InChI=1S/C19H24N4O2/c24-15(14-25-16-6-2-1-3-7-16)12-20-10-5-11-21-18-8-4-9-19-17(18)13-22-23-19/h1-4,6-9,13,15,20-21,24H,5,10-12,14H2,(H,22,23). The zero-order valence-corrected chi connectivity index (χ0v) is 14.1. The summed E-state index contributed by atoms with van der Waals surface area (Å²) in [6.45, 7) is 2.49. The van der Waals surface area contributed by atoms with Crippen LogP contribution >= 0.6 is 0 Å². The van der Waals surface area contributed by atoms with Crippen molar-refractivity contribution in [2.75, 3.05) is 31.6 Å². The van der Waals surface area contributed by atoms with E-state index in [1.54, 1.807) is 0 Å². The lowest BCUT2D eigenvalue weighted by Crippen LogP contribution is -2.32. The summed E-state index contributed by atoms with van der Waals surface area (Å²) in [4.78, 5) is 0. The number of aromatic amines is 1. The number of nitrogens with one attached hydrogen (secondary N) is 3. The van der Waals surface area contributed by atoms with Gasteiger partial charge in [-0.25, -0.2) is 0 Å². The largest absolute Gasteiger partial charge is 0.491 e. The van der Waals surface area contributed by atoms with Gasteiger partial charge in [-0.1, -0.05) is 24.3 Å². The fourth-order valence-corrected chi connectivity index (χ4v) is 2.60. The highest BCUT2D eigenvalue weighted by Gasteiger charge is 2.05. The molecule has 1 aromatic heterocycles. The molecule has 0 bridgehead atoms. The average molecular weight is 340 g/mol. The minimum Gasteiger partial charge on any atom is -0.491 e. The quantitative estimate of drug-likeness (QED) is 0.426. The van der Waals surface area contributed by atoms with Gasteiger partial charge in [-0.3, -0.25) is 5.10 Å². The second-order valence-electron chi connectivity index (χ2n) is 5.90. The van der Waals surface area contributed by atoms with Gasteiger partial charge in [0, 0.05) is 24.2 Å². The van der Waals surface area contributed by atoms with Crippen LogP contribution in [0.25, 0.3) is 10.9 Å². The number of hydrogen-bond donors (Lipinski definition) is 4. The molecule has 0 aliphatic rings. The fraction of sp³-hybridized carbons (Fsp3) is 0.316. The van der Waals surface area contributed by atoms with E-state index >= 15 is 0 Å². The molecule has 1 heterocycles. The molecule has 1 atom stereocenters. The number of H-pyrrole nitrogens is 1. The van der Waals surface area contributed by atoms with Gasteiger partial charge < -0.3 is 20.5 Å². The van der Waals surface area contributed by atoms with E-state index in [9.17, 15) is 5.11 Å². The molecule has 132 valence electrons. The SMILES string of the molecule is OC(CNCCCNc1cccc2[nH]ncc12)COc1ccccc1. The zero-order chi connectivity index (χ0) is 17.3. The van der Waals surface area contributed by atoms with Crippen molar-refractivity contribution in [3.8, 4) is 5.75 Å². The Morgan fingerprint density at radius 2 is 1.96 bits per heavy atom. The molecule has 0 saturated carbocycles. The van der Waals surface area contributed by atoms with E-state index in [0.717, 1.165) is 41.9 Å². The van der Waals surface area contributed by atoms with E-state index in [1.165, 1.54) is 0 Å². The van der Waals surface area contributed by atoms with Crippen molar-refractivity contribution in [3.63, 3.8) is 0 Å². The first-order chi connectivity index (χ1) is 12.3. The van der Waals surface area contributed by atoms with Crippen LogP contribution in [0.15, 0.2) is 54.7 Å². The number of aliphatic hydroxyl groups excluding tert-OH is 1. The first-order valence-electron chi connectivity index (χ1n) is 8.55. The van der Waals surface area contributed by atoms with Gasteiger partial charge in [-0.05, 0) is 37.2 Å². The van der Waals surface area contributed by atoms with Gasteiger partial charge in [0.15, 0.2) is 0 Å². The van der Waals surface area contributed by atoms with Crippen LogP contribution in [0, 0.1) is 0 Å². The maximum Gasteiger partial charge on any atom is 0.119 e. The highest BCUT2D eigenvalue weighted by molar-refractivity contribution is 5.90. The average Bonchev–Trinajstić information content (AvgIpc) is 3.13. The van der Waals surface area contributed by atoms with Gasteiger partial charge in [0.25, 0.3) is 0 Å². The predicted octanol–water partition coefficient (Wildman–Crippen LogP) is 2.39. The monoisotopic (exact) mass is 340 g/mol. The molecule has 0 aliphatic heterocycles. The number of aliphatic hydroxyl groups is 1. The summed E-state index contributed by atoms with van der Waals surface area (Å²) in [6.07, 6.45) is 2.27. The maximum absolute atomic E-state index is 9.93. The van der Waals surface area contributed by atoms with Gasteiger partial charge >= 0.3 is 0 Å². The van der Waals surface area contributed by atoms with Crippen molar-refractivity contribution in [1.29, 1.82) is 0 Å². The molecule has 6 heteroatoms. The van der Waals surface area contributed by atoms with Crippen molar-refractivity contribution < 1.29 is 9.84 Å². The molecule has 2 aromatic carbocycles. The minimum atomic E-state index is -0.521. The molecule has 6 nitrogen and oxygen atoms in total. The van der Waals surface area contributed by atoms with Crippen molar-refractivity contribution in [2.24, 2.45) is 0 Å². The van der Waals surface area contributed by atoms with Crippen LogP contribution in [-0.2, 0) is 0 Å². The molecule has 3 rings (SSSR count). The van der Waals surface area contributed by atoms with Crippen LogP contribution in [-0.4, -0.2) is 47.6 Å². The summed E-state index contributed by atoms with van der Waals surface area (Å²) in [7, 11) is 0. The van der Waals surface area contributed by atoms with E-state index in [0.29, 0.717) is 6.54 Å². The Hall–Kier alpha value is -2.57. The Balaban J connectivity index is 1.28. The van der Waals surface area contributed by atoms with Gasteiger partial charge in [-0.15, -0.1) is 0 Å². The van der Waals surface area contributed by atoms with E-state index in [-0.39, 0.29) is 6.61 Å². The molecule has 0 radical (unpaired) electrons. The summed E-state index contributed by atoms with van der Waals surface area (Å²) in [5, 5.41) is 24.7. The second kappa shape index (κ2) is 9.05. The number of aromatic nitrogens is 2. The third kappa shape index (κ3) is 5.20. The molecule has 0 fully saturated rings. The molecule has 0 spiro atoms. The molecule has 0 saturated heterocycles. The van der Waals surface area contributed by atoms with Crippen LogP contribution in [0.5, 0.6) is 5.75 Å². The molecular weight excluding hydrogens is 316 g/mol. The van der Waals surface area contributed by atoms with Crippen molar-refractivity contribution in [3.05, 3.63) is 54.7 Å². The third-order valence-corrected chi connectivity index (χ3v) is 3.90. The third-order valence-electron chi connectivity index (χ3n) is 3.90. The molecule has 0 aliphatic carbocycles. The Morgan fingerprint density at radius 1 is 1.08 bits per heavy atom. The first kappa shape index (κ1) is 17.3. The van der Waals surface area contributed by atoms with Crippen LogP contribution in [0.4, 0.5) is 5.69 Å². The second-order valence-corrected chi connectivity index (χ2v) is 5.90. The smallest absolute Gasteiger partial charge is 0.119 e. The molecular formula is C19H24N4O2. The Kier molecular flexibility index (Phi) is 6.25. The van der Waals surface area contributed by atoms with Gasteiger partial charge in [-0.2, -0.15) is 5.10 Å². The van der Waals surface area contributed by atoms with Crippen molar-refractivity contribution in [1.82, 2.24) is 15.5 Å². The molecule has 0 amide bonds. The van der Waals surface area contributed by atoms with Gasteiger partial charge in [0.05, 0.1) is 11.7 Å². The predicted molar refractivity (Wildman–Crippen MR) is 100 cm³/mol. The number of rotatable bonds is 10. The van der Waals surface area contributed by atoms with Crippen LogP contribution in [0.3, 0.4) is 0 Å². The lowest BCUT2D eigenvalue weighted by molar-refractivity contribution is 0.106. The Morgan fingerprint density at radius 3 is 2.84 bits per heavy atom. The van der Waals surface area contributed by atoms with E-state index < -0.39 is 6.10 Å². The Labute approximate surface area is 147 Å². The molecule has 25 heavy (non-hydrogen) atoms. The Bertz CT molecular complexity index is 760.